The van der Waals surface area contributed by atoms with Gasteiger partial charge in [-0.2, -0.15) is 0 Å². The number of ether oxygens (including phenoxy) is 1. The van der Waals surface area contributed by atoms with Crippen LogP contribution in [-0.4, -0.2) is 18.6 Å². The summed E-state index contributed by atoms with van der Waals surface area (Å²) in [5.41, 5.74) is 1.98. The molecule has 0 bridgehead atoms. The van der Waals surface area contributed by atoms with Crippen LogP contribution in [0.3, 0.4) is 0 Å². The van der Waals surface area contributed by atoms with Crippen LogP contribution >= 0.6 is 34.2 Å². The summed E-state index contributed by atoms with van der Waals surface area (Å²) in [5, 5.41) is 4.17. The third-order valence-corrected chi connectivity index (χ3v) is 4.19. The van der Waals surface area contributed by atoms with E-state index in [1.54, 1.807) is 13.3 Å². The number of aromatic nitrogens is 1. The maximum absolute atomic E-state index is 6.14. The molecule has 106 valence electrons. The Hall–Kier alpha value is -0.850. The van der Waals surface area contributed by atoms with Gasteiger partial charge in [-0.3, -0.25) is 4.98 Å². The molecule has 0 aliphatic rings. The molecule has 0 amide bonds. The van der Waals surface area contributed by atoms with E-state index in [0.717, 1.165) is 32.1 Å². The summed E-state index contributed by atoms with van der Waals surface area (Å²) in [7, 11) is 1.66. The molecule has 1 aromatic carbocycles. The van der Waals surface area contributed by atoms with Crippen molar-refractivity contribution >= 4 is 34.2 Å². The molecule has 0 saturated carbocycles. The van der Waals surface area contributed by atoms with Crippen molar-refractivity contribution in [1.82, 2.24) is 10.3 Å². The van der Waals surface area contributed by atoms with E-state index in [1.165, 1.54) is 0 Å². The number of nitrogens with zero attached hydrogens (tertiary/aromatic N) is 1. The molecule has 1 aromatic heterocycles. The number of methoxy groups -OCH3 is 1. The monoisotopic (exact) mass is 402 g/mol. The fourth-order valence-electron chi connectivity index (χ4n) is 2.09. The Morgan fingerprint density at radius 3 is 2.90 bits per heavy atom. The average Bonchev–Trinajstić information content (AvgIpc) is 2.47. The van der Waals surface area contributed by atoms with Crippen molar-refractivity contribution in [3.05, 3.63) is 56.4 Å². The number of pyridine rings is 1. The number of rotatable bonds is 5. The van der Waals surface area contributed by atoms with E-state index in [9.17, 15) is 0 Å². The van der Waals surface area contributed by atoms with Crippen LogP contribution in [0.5, 0.6) is 5.75 Å². The predicted octanol–water partition coefficient (Wildman–Crippen LogP) is 4.05. The first-order chi connectivity index (χ1) is 9.67. The van der Waals surface area contributed by atoms with Crippen LogP contribution in [0, 0.1) is 3.57 Å². The molecule has 1 N–H and O–H groups in total. The van der Waals surface area contributed by atoms with Gasteiger partial charge in [-0.25, -0.2) is 0 Å². The zero-order valence-electron chi connectivity index (χ0n) is 11.4. The Bertz CT molecular complexity index is 592. The normalized spacial score (nSPS) is 12.2. The average molecular weight is 403 g/mol. The summed E-state index contributed by atoms with van der Waals surface area (Å²) in [6.45, 7) is 2.90. The topological polar surface area (TPSA) is 34.2 Å². The molecular weight excluding hydrogens is 387 g/mol. The molecule has 0 aliphatic heterocycles. The highest BCUT2D eigenvalue weighted by Crippen LogP contribution is 2.32. The zero-order valence-corrected chi connectivity index (χ0v) is 14.3. The summed E-state index contributed by atoms with van der Waals surface area (Å²) < 4.78 is 6.57. The molecule has 0 spiro atoms. The quantitative estimate of drug-likeness (QED) is 0.766. The summed E-state index contributed by atoms with van der Waals surface area (Å²) in [6.07, 6.45) is 1.78. The van der Waals surface area contributed by atoms with Crippen molar-refractivity contribution < 1.29 is 4.74 Å². The van der Waals surface area contributed by atoms with Crippen LogP contribution in [0.15, 0.2) is 36.5 Å². The second-order valence-electron chi connectivity index (χ2n) is 4.25. The molecule has 0 radical (unpaired) electrons. The minimum atomic E-state index is -0.0400. The van der Waals surface area contributed by atoms with Crippen molar-refractivity contribution in [3.63, 3.8) is 0 Å². The van der Waals surface area contributed by atoms with Gasteiger partial charge in [-0.15, -0.1) is 0 Å². The second-order valence-corrected chi connectivity index (χ2v) is 5.85. The number of nitrogens with one attached hydrogen (secondary N) is 1. The molecule has 0 aliphatic carbocycles. The van der Waals surface area contributed by atoms with Gasteiger partial charge in [0.1, 0.15) is 11.4 Å². The van der Waals surface area contributed by atoms with Gasteiger partial charge in [0.2, 0.25) is 0 Å². The first kappa shape index (κ1) is 15.5. The molecule has 1 heterocycles. The van der Waals surface area contributed by atoms with E-state index in [4.69, 9.17) is 16.3 Å². The summed E-state index contributed by atoms with van der Waals surface area (Å²) in [5.74, 6) is 0.772. The lowest BCUT2D eigenvalue weighted by atomic mass is 10.0. The highest BCUT2D eigenvalue weighted by molar-refractivity contribution is 14.1. The van der Waals surface area contributed by atoms with Crippen LogP contribution in [0.25, 0.3) is 0 Å². The van der Waals surface area contributed by atoms with E-state index in [1.807, 2.05) is 30.3 Å². The molecule has 1 atom stereocenters. The zero-order chi connectivity index (χ0) is 14.5. The van der Waals surface area contributed by atoms with Crippen LogP contribution in [0.2, 0.25) is 5.02 Å². The second kappa shape index (κ2) is 7.24. The van der Waals surface area contributed by atoms with Crippen molar-refractivity contribution in [3.8, 4) is 5.75 Å². The Morgan fingerprint density at radius 2 is 2.20 bits per heavy atom. The van der Waals surface area contributed by atoms with Gasteiger partial charge >= 0.3 is 0 Å². The standard InChI is InChI=1S/C15H16ClIN2O/c1-3-18-14(11-9-10(16)6-7-12(11)17)15-13(20-2)5-4-8-19-15/h4-9,14,18H,3H2,1-2H3. The Morgan fingerprint density at radius 1 is 1.40 bits per heavy atom. The van der Waals surface area contributed by atoms with Crippen molar-refractivity contribution in [1.29, 1.82) is 0 Å². The third-order valence-electron chi connectivity index (χ3n) is 2.97. The van der Waals surface area contributed by atoms with Crippen LogP contribution in [0.1, 0.15) is 24.2 Å². The van der Waals surface area contributed by atoms with Crippen LogP contribution < -0.4 is 10.1 Å². The Kier molecular flexibility index (Phi) is 5.63. The summed E-state index contributed by atoms with van der Waals surface area (Å²) in [4.78, 5) is 4.48. The lowest BCUT2D eigenvalue weighted by molar-refractivity contribution is 0.400. The molecule has 2 rings (SSSR count). The van der Waals surface area contributed by atoms with Gasteiger partial charge in [0.15, 0.2) is 0 Å². The first-order valence-electron chi connectivity index (χ1n) is 6.34. The number of benzene rings is 1. The van der Waals surface area contributed by atoms with Gasteiger partial charge < -0.3 is 10.1 Å². The number of hydrogen-bond donors (Lipinski definition) is 1. The molecular formula is C15H16ClIN2O. The lowest BCUT2D eigenvalue weighted by Crippen LogP contribution is -2.24. The van der Waals surface area contributed by atoms with E-state index < -0.39 is 0 Å². The van der Waals surface area contributed by atoms with Crippen LogP contribution in [0.4, 0.5) is 0 Å². The molecule has 0 saturated heterocycles. The van der Waals surface area contributed by atoms with Gasteiger partial charge in [-0.1, -0.05) is 18.5 Å². The minimum absolute atomic E-state index is 0.0400. The fraction of sp³-hybridized carbons (Fsp3) is 0.267. The molecule has 5 heteroatoms. The number of halogens is 2. The van der Waals surface area contributed by atoms with Crippen LogP contribution in [-0.2, 0) is 0 Å². The summed E-state index contributed by atoms with van der Waals surface area (Å²) >= 11 is 8.45. The molecule has 1 unspecified atom stereocenters. The van der Waals surface area contributed by atoms with E-state index >= 15 is 0 Å². The van der Waals surface area contributed by atoms with E-state index in [0.29, 0.717) is 0 Å². The Balaban J connectivity index is 2.53. The molecule has 0 fully saturated rings. The van der Waals surface area contributed by atoms with Gasteiger partial charge in [0, 0.05) is 14.8 Å². The molecule has 3 nitrogen and oxygen atoms in total. The maximum atomic E-state index is 6.14. The lowest BCUT2D eigenvalue weighted by Gasteiger charge is -2.21. The number of hydrogen-bond acceptors (Lipinski definition) is 3. The predicted molar refractivity (Wildman–Crippen MR) is 90.5 cm³/mol. The maximum Gasteiger partial charge on any atom is 0.142 e. The SMILES string of the molecule is CCNC(c1cc(Cl)ccc1I)c1ncccc1OC. The van der Waals surface area contributed by atoms with E-state index in [-0.39, 0.29) is 6.04 Å². The highest BCUT2D eigenvalue weighted by atomic mass is 127. The smallest absolute Gasteiger partial charge is 0.142 e. The van der Waals surface area contributed by atoms with Crippen molar-refractivity contribution in [2.75, 3.05) is 13.7 Å². The van der Waals surface area contributed by atoms with E-state index in [2.05, 4.69) is 39.8 Å². The van der Waals surface area contributed by atoms with Crippen molar-refractivity contribution in [2.24, 2.45) is 0 Å². The molecule has 2 aromatic rings. The minimum Gasteiger partial charge on any atom is -0.495 e. The Labute approximate surface area is 137 Å². The van der Waals surface area contributed by atoms with Crippen molar-refractivity contribution in [2.45, 2.75) is 13.0 Å². The van der Waals surface area contributed by atoms with Gasteiger partial charge in [-0.05, 0) is 65.0 Å². The van der Waals surface area contributed by atoms with Gasteiger partial charge in [0.25, 0.3) is 0 Å². The first-order valence-corrected chi connectivity index (χ1v) is 7.80. The fourth-order valence-corrected chi connectivity index (χ4v) is 2.91. The highest BCUT2D eigenvalue weighted by Gasteiger charge is 2.21. The van der Waals surface area contributed by atoms with Gasteiger partial charge in [0.05, 0.1) is 13.2 Å². The summed E-state index contributed by atoms with van der Waals surface area (Å²) in [6, 6.07) is 9.63. The largest absolute Gasteiger partial charge is 0.495 e. The molecule has 20 heavy (non-hydrogen) atoms. The third kappa shape index (κ3) is 3.42.